The molecule has 0 fully saturated rings. The van der Waals surface area contributed by atoms with Crippen LogP contribution in [0.5, 0.6) is 5.75 Å². The number of methoxy groups -OCH3 is 1. The summed E-state index contributed by atoms with van der Waals surface area (Å²) >= 11 is 0. The Morgan fingerprint density at radius 2 is 1.65 bits per heavy atom. The summed E-state index contributed by atoms with van der Waals surface area (Å²) < 4.78 is 10.6. The minimum atomic E-state index is -0.400. The molecule has 0 saturated heterocycles. The van der Waals surface area contributed by atoms with Gasteiger partial charge >= 0.3 is 5.97 Å². The lowest BCUT2D eigenvalue weighted by Crippen LogP contribution is -2.07. The zero-order chi connectivity index (χ0) is 17.0. The number of benzene rings is 2. The van der Waals surface area contributed by atoms with Gasteiger partial charge in [-0.1, -0.05) is 6.07 Å². The lowest BCUT2D eigenvalue weighted by atomic mass is 10.1. The number of esters is 1. The molecule has 0 spiro atoms. The molecular formula is C19H20O4. The zero-order valence-electron chi connectivity index (χ0n) is 13.8. The molecule has 0 aliphatic rings. The molecule has 0 aliphatic heterocycles. The van der Waals surface area contributed by atoms with Crippen LogP contribution >= 0.6 is 0 Å². The summed E-state index contributed by atoms with van der Waals surface area (Å²) in [6, 6.07) is 10.5. The van der Waals surface area contributed by atoms with Gasteiger partial charge in [0.15, 0.2) is 5.78 Å². The monoisotopic (exact) mass is 312 g/mol. The molecule has 4 nitrogen and oxygen atoms in total. The average Bonchev–Trinajstić information content (AvgIpc) is 2.54. The van der Waals surface area contributed by atoms with Crippen molar-refractivity contribution >= 4 is 11.8 Å². The number of carbonyl (C=O) groups is 2. The van der Waals surface area contributed by atoms with Gasteiger partial charge < -0.3 is 9.47 Å². The van der Waals surface area contributed by atoms with Crippen LogP contribution in [-0.4, -0.2) is 18.9 Å². The summed E-state index contributed by atoms with van der Waals surface area (Å²) in [5.41, 5.74) is 3.89. The Kier molecular flexibility index (Phi) is 5.16. The lowest BCUT2D eigenvalue weighted by Gasteiger charge is -2.11. The fraction of sp³-hybridized carbons (Fsp3) is 0.263. The third-order valence-corrected chi connectivity index (χ3v) is 3.79. The first-order chi connectivity index (χ1) is 10.9. The number of rotatable bonds is 5. The summed E-state index contributed by atoms with van der Waals surface area (Å²) in [4.78, 5) is 23.6. The van der Waals surface area contributed by atoms with Crippen molar-refractivity contribution in [1.82, 2.24) is 0 Å². The maximum absolute atomic E-state index is 12.2. The molecule has 0 bridgehead atoms. The van der Waals surface area contributed by atoms with Crippen LogP contribution in [0.4, 0.5) is 0 Å². The van der Waals surface area contributed by atoms with E-state index in [1.165, 1.54) is 14.0 Å². The normalized spacial score (nSPS) is 10.3. The fourth-order valence-corrected chi connectivity index (χ4v) is 2.21. The number of hydrogen-bond donors (Lipinski definition) is 0. The van der Waals surface area contributed by atoms with Gasteiger partial charge in [-0.15, -0.1) is 0 Å². The summed E-state index contributed by atoms with van der Waals surface area (Å²) in [7, 11) is 1.54. The first-order valence-corrected chi connectivity index (χ1v) is 7.34. The molecule has 0 unspecified atom stereocenters. The summed E-state index contributed by atoms with van der Waals surface area (Å²) in [6.07, 6.45) is 0. The number of carbonyl (C=O) groups excluding carboxylic acids is 2. The largest absolute Gasteiger partial charge is 0.496 e. The second-order valence-electron chi connectivity index (χ2n) is 5.46. The van der Waals surface area contributed by atoms with E-state index in [9.17, 15) is 9.59 Å². The molecule has 0 saturated carbocycles. The van der Waals surface area contributed by atoms with E-state index in [1.807, 2.05) is 19.9 Å². The molecule has 2 rings (SSSR count). The van der Waals surface area contributed by atoms with E-state index in [-0.39, 0.29) is 12.4 Å². The summed E-state index contributed by atoms with van der Waals surface area (Å²) in [5, 5.41) is 0. The number of ketones is 1. The molecule has 0 radical (unpaired) electrons. The van der Waals surface area contributed by atoms with Crippen LogP contribution in [-0.2, 0) is 11.3 Å². The van der Waals surface area contributed by atoms with E-state index in [2.05, 4.69) is 0 Å². The van der Waals surface area contributed by atoms with Gasteiger partial charge in [-0.05, 0) is 62.2 Å². The van der Waals surface area contributed by atoms with Gasteiger partial charge in [0, 0.05) is 11.1 Å². The number of aryl methyl sites for hydroxylation is 2. The van der Waals surface area contributed by atoms with Crippen molar-refractivity contribution in [1.29, 1.82) is 0 Å². The highest BCUT2D eigenvalue weighted by Gasteiger charge is 2.12. The average molecular weight is 312 g/mol. The number of ether oxygens (including phenoxy) is 2. The van der Waals surface area contributed by atoms with Crippen molar-refractivity contribution in [2.45, 2.75) is 27.4 Å². The van der Waals surface area contributed by atoms with Crippen LogP contribution < -0.4 is 4.74 Å². The van der Waals surface area contributed by atoms with Crippen molar-refractivity contribution in [3.05, 3.63) is 64.2 Å². The van der Waals surface area contributed by atoms with E-state index < -0.39 is 5.97 Å². The van der Waals surface area contributed by atoms with Gasteiger partial charge in [-0.25, -0.2) is 4.79 Å². The Morgan fingerprint density at radius 1 is 0.957 bits per heavy atom. The maximum atomic E-state index is 12.2. The van der Waals surface area contributed by atoms with Crippen LogP contribution in [0, 0.1) is 13.8 Å². The van der Waals surface area contributed by atoms with E-state index in [0.29, 0.717) is 22.4 Å². The Balaban J connectivity index is 2.16. The highest BCUT2D eigenvalue weighted by Crippen LogP contribution is 2.22. The van der Waals surface area contributed by atoms with E-state index in [0.717, 1.165) is 11.1 Å². The molecule has 4 heteroatoms. The summed E-state index contributed by atoms with van der Waals surface area (Å²) in [5.74, 6) is 0.139. The third-order valence-electron chi connectivity index (χ3n) is 3.79. The molecule has 0 aromatic heterocycles. The maximum Gasteiger partial charge on any atom is 0.338 e. The van der Waals surface area contributed by atoms with Crippen molar-refractivity contribution in [2.75, 3.05) is 7.11 Å². The second kappa shape index (κ2) is 7.09. The molecule has 120 valence electrons. The molecule has 0 atom stereocenters. The van der Waals surface area contributed by atoms with Crippen LogP contribution in [0.1, 0.15) is 44.3 Å². The predicted octanol–water partition coefficient (Wildman–Crippen LogP) is 3.87. The van der Waals surface area contributed by atoms with Gasteiger partial charge in [0.2, 0.25) is 0 Å². The molecule has 0 aliphatic carbocycles. The third kappa shape index (κ3) is 3.97. The quantitative estimate of drug-likeness (QED) is 0.621. The molecule has 23 heavy (non-hydrogen) atoms. The van der Waals surface area contributed by atoms with E-state index in [4.69, 9.17) is 9.47 Å². The predicted molar refractivity (Wildman–Crippen MR) is 88.0 cm³/mol. The van der Waals surface area contributed by atoms with E-state index >= 15 is 0 Å². The lowest BCUT2D eigenvalue weighted by molar-refractivity contribution is 0.0470. The second-order valence-corrected chi connectivity index (χ2v) is 5.46. The van der Waals surface area contributed by atoms with Gasteiger partial charge in [0.1, 0.15) is 12.4 Å². The first kappa shape index (κ1) is 16.7. The minimum absolute atomic E-state index is 0.0469. The van der Waals surface area contributed by atoms with Gasteiger partial charge in [0.25, 0.3) is 0 Å². The van der Waals surface area contributed by atoms with Crippen molar-refractivity contribution in [2.24, 2.45) is 0 Å². The molecule has 2 aromatic carbocycles. The fourth-order valence-electron chi connectivity index (χ4n) is 2.21. The highest BCUT2D eigenvalue weighted by atomic mass is 16.5. The smallest absolute Gasteiger partial charge is 0.338 e. The van der Waals surface area contributed by atoms with Crippen molar-refractivity contribution in [3.8, 4) is 5.75 Å². The Morgan fingerprint density at radius 3 is 2.26 bits per heavy atom. The molecule has 0 N–H and O–H groups in total. The Labute approximate surface area is 136 Å². The van der Waals surface area contributed by atoms with Crippen LogP contribution in [0.15, 0.2) is 36.4 Å². The number of hydrogen-bond acceptors (Lipinski definition) is 4. The summed E-state index contributed by atoms with van der Waals surface area (Å²) in [6.45, 7) is 5.48. The van der Waals surface area contributed by atoms with Crippen LogP contribution in [0.3, 0.4) is 0 Å². The SMILES string of the molecule is COc1ccc(C(C)=O)cc1COC(=O)c1ccc(C)c(C)c1. The van der Waals surface area contributed by atoms with E-state index in [1.54, 1.807) is 30.3 Å². The van der Waals surface area contributed by atoms with Gasteiger partial charge in [-0.2, -0.15) is 0 Å². The molecule has 0 amide bonds. The number of Topliss-reactive ketones (excluding diaryl/α,β-unsaturated/α-hetero) is 1. The van der Waals surface area contributed by atoms with Crippen molar-refractivity contribution in [3.63, 3.8) is 0 Å². The zero-order valence-corrected chi connectivity index (χ0v) is 13.8. The first-order valence-electron chi connectivity index (χ1n) is 7.34. The Bertz CT molecular complexity index is 747. The highest BCUT2D eigenvalue weighted by molar-refractivity contribution is 5.94. The molecular weight excluding hydrogens is 292 g/mol. The van der Waals surface area contributed by atoms with Gasteiger partial charge in [-0.3, -0.25) is 4.79 Å². The minimum Gasteiger partial charge on any atom is -0.496 e. The van der Waals surface area contributed by atoms with Gasteiger partial charge in [0.05, 0.1) is 12.7 Å². The standard InChI is InChI=1S/C19H20O4/c1-12-5-6-16(9-13(12)2)19(21)23-11-17-10-15(14(3)20)7-8-18(17)22-4/h5-10H,11H2,1-4H3. The van der Waals surface area contributed by atoms with Crippen LogP contribution in [0.2, 0.25) is 0 Å². The topological polar surface area (TPSA) is 52.6 Å². The van der Waals surface area contributed by atoms with Crippen LogP contribution in [0.25, 0.3) is 0 Å². The van der Waals surface area contributed by atoms with Crippen molar-refractivity contribution < 1.29 is 19.1 Å². The Hall–Kier alpha value is -2.62. The molecule has 2 aromatic rings. The molecule has 0 heterocycles.